The lowest BCUT2D eigenvalue weighted by atomic mass is 10.2. The third kappa shape index (κ3) is 2.16. The van der Waals surface area contributed by atoms with Crippen LogP contribution in [0, 0.1) is 12.7 Å². The van der Waals surface area contributed by atoms with Crippen LogP contribution in [0.2, 0.25) is 0 Å². The van der Waals surface area contributed by atoms with Gasteiger partial charge < -0.3 is 10.1 Å². The van der Waals surface area contributed by atoms with Crippen LogP contribution < -0.4 is 10.1 Å². The maximum Gasteiger partial charge on any atom is 0.265 e. The molecule has 3 aromatic rings. The van der Waals surface area contributed by atoms with Crippen LogP contribution in [-0.2, 0) is 0 Å². The van der Waals surface area contributed by atoms with Crippen LogP contribution >= 0.6 is 0 Å². The van der Waals surface area contributed by atoms with Crippen molar-refractivity contribution in [2.75, 3.05) is 12.4 Å². The van der Waals surface area contributed by atoms with Crippen molar-refractivity contribution in [3.05, 3.63) is 48.2 Å². The number of aromatic nitrogens is 3. The van der Waals surface area contributed by atoms with E-state index in [4.69, 9.17) is 4.74 Å². The van der Waals surface area contributed by atoms with Crippen LogP contribution in [0.5, 0.6) is 11.6 Å². The van der Waals surface area contributed by atoms with E-state index in [1.807, 2.05) is 6.92 Å². The second-order valence-corrected chi connectivity index (χ2v) is 4.35. The van der Waals surface area contributed by atoms with Gasteiger partial charge in [0.2, 0.25) is 5.65 Å². The fourth-order valence-electron chi connectivity index (χ4n) is 1.88. The van der Waals surface area contributed by atoms with Gasteiger partial charge in [0.05, 0.1) is 6.20 Å². The van der Waals surface area contributed by atoms with Gasteiger partial charge in [-0.2, -0.15) is 4.98 Å². The summed E-state index contributed by atoms with van der Waals surface area (Å²) in [7, 11) is 1.77. The van der Waals surface area contributed by atoms with E-state index in [1.165, 1.54) is 12.1 Å². The quantitative estimate of drug-likeness (QED) is 0.796. The molecule has 102 valence electrons. The standard InChI is InChI=1S/C14H13FN4O/c1-9-3-4-10(15)7-11(9)20-14-13-17-5-6-19(13)8-12(16-2)18-14/h3-8,16H,1-2H3. The molecule has 6 heteroatoms. The van der Waals surface area contributed by atoms with Gasteiger partial charge in [-0.25, -0.2) is 9.37 Å². The number of anilines is 1. The number of imidazole rings is 1. The van der Waals surface area contributed by atoms with Gasteiger partial charge in [-0.3, -0.25) is 4.40 Å². The van der Waals surface area contributed by atoms with Crippen LogP contribution in [0.15, 0.2) is 36.8 Å². The van der Waals surface area contributed by atoms with E-state index in [0.29, 0.717) is 23.1 Å². The molecule has 20 heavy (non-hydrogen) atoms. The molecule has 0 amide bonds. The normalized spacial score (nSPS) is 10.8. The summed E-state index contributed by atoms with van der Waals surface area (Å²) in [5, 5.41) is 2.95. The average Bonchev–Trinajstić information content (AvgIpc) is 2.91. The number of nitrogens with zero attached hydrogens (tertiary/aromatic N) is 3. The molecule has 5 nitrogen and oxygen atoms in total. The molecule has 2 aromatic heterocycles. The molecule has 0 aliphatic carbocycles. The predicted molar refractivity (Wildman–Crippen MR) is 73.7 cm³/mol. The highest BCUT2D eigenvalue weighted by Gasteiger charge is 2.11. The Morgan fingerprint density at radius 1 is 1.35 bits per heavy atom. The Morgan fingerprint density at radius 3 is 3.00 bits per heavy atom. The number of halogens is 1. The summed E-state index contributed by atoms with van der Waals surface area (Å²) >= 11 is 0. The number of rotatable bonds is 3. The zero-order valence-corrected chi connectivity index (χ0v) is 11.1. The highest BCUT2D eigenvalue weighted by atomic mass is 19.1. The lowest BCUT2D eigenvalue weighted by molar-refractivity contribution is 0.457. The minimum atomic E-state index is -0.352. The molecule has 0 unspecified atom stereocenters. The summed E-state index contributed by atoms with van der Waals surface area (Å²) < 4.78 is 20.8. The van der Waals surface area contributed by atoms with Crippen molar-refractivity contribution < 1.29 is 9.13 Å². The molecule has 0 fully saturated rings. The second-order valence-electron chi connectivity index (χ2n) is 4.35. The molecule has 0 radical (unpaired) electrons. The fraction of sp³-hybridized carbons (Fsp3) is 0.143. The second kappa shape index (κ2) is 4.80. The zero-order valence-electron chi connectivity index (χ0n) is 11.1. The molecular weight excluding hydrogens is 259 g/mol. The molecule has 3 rings (SSSR count). The van der Waals surface area contributed by atoms with Gasteiger partial charge in [0, 0.05) is 25.5 Å². The monoisotopic (exact) mass is 272 g/mol. The molecule has 0 aliphatic rings. The Bertz CT molecular complexity index is 769. The number of hydrogen-bond donors (Lipinski definition) is 1. The van der Waals surface area contributed by atoms with Crippen molar-refractivity contribution in [3.8, 4) is 11.6 Å². The lowest BCUT2D eigenvalue weighted by Gasteiger charge is -2.10. The number of ether oxygens (including phenoxy) is 1. The van der Waals surface area contributed by atoms with E-state index in [9.17, 15) is 4.39 Å². The van der Waals surface area contributed by atoms with Gasteiger partial charge in [0.15, 0.2) is 0 Å². The molecule has 1 N–H and O–H groups in total. The van der Waals surface area contributed by atoms with Crippen LogP contribution in [0.25, 0.3) is 5.65 Å². The number of fused-ring (bicyclic) bond motifs is 1. The lowest BCUT2D eigenvalue weighted by Crippen LogP contribution is -2.00. The van der Waals surface area contributed by atoms with Gasteiger partial charge in [0.1, 0.15) is 17.4 Å². The van der Waals surface area contributed by atoms with Gasteiger partial charge in [0.25, 0.3) is 5.88 Å². The van der Waals surface area contributed by atoms with Crippen molar-refractivity contribution in [3.63, 3.8) is 0 Å². The van der Waals surface area contributed by atoms with E-state index in [-0.39, 0.29) is 5.82 Å². The number of hydrogen-bond acceptors (Lipinski definition) is 4. The Hall–Kier alpha value is -2.63. The summed E-state index contributed by atoms with van der Waals surface area (Å²) in [6.07, 6.45) is 5.25. The van der Waals surface area contributed by atoms with Crippen molar-refractivity contribution in [2.24, 2.45) is 0 Å². The predicted octanol–water partition coefficient (Wildman–Crippen LogP) is 3.01. The summed E-state index contributed by atoms with van der Waals surface area (Å²) in [4.78, 5) is 8.51. The molecule has 0 saturated heterocycles. The first kappa shape index (κ1) is 12.4. The largest absolute Gasteiger partial charge is 0.435 e. The highest BCUT2D eigenvalue weighted by molar-refractivity contribution is 5.55. The van der Waals surface area contributed by atoms with Crippen molar-refractivity contribution >= 4 is 11.5 Å². The number of nitrogens with one attached hydrogen (secondary N) is 1. The van der Waals surface area contributed by atoms with E-state index >= 15 is 0 Å². The SMILES string of the molecule is CNc1cn2ccnc2c(Oc2cc(F)ccc2C)n1. The van der Waals surface area contributed by atoms with Crippen LogP contribution in [0.4, 0.5) is 10.2 Å². The smallest absolute Gasteiger partial charge is 0.265 e. The Morgan fingerprint density at radius 2 is 2.20 bits per heavy atom. The minimum Gasteiger partial charge on any atom is -0.435 e. The maximum atomic E-state index is 13.3. The third-order valence-corrected chi connectivity index (χ3v) is 2.96. The maximum absolute atomic E-state index is 13.3. The van der Waals surface area contributed by atoms with Crippen LogP contribution in [0.1, 0.15) is 5.56 Å². The number of aryl methyl sites for hydroxylation is 1. The Labute approximate surface area is 115 Å². The summed E-state index contributed by atoms with van der Waals surface area (Å²) in [6, 6.07) is 4.39. The van der Waals surface area contributed by atoms with Crippen molar-refractivity contribution in [2.45, 2.75) is 6.92 Å². The van der Waals surface area contributed by atoms with E-state index in [1.54, 1.807) is 36.1 Å². The average molecular weight is 272 g/mol. The van der Waals surface area contributed by atoms with Crippen LogP contribution in [-0.4, -0.2) is 21.4 Å². The van der Waals surface area contributed by atoms with Gasteiger partial charge in [-0.05, 0) is 18.6 Å². The first-order valence-electron chi connectivity index (χ1n) is 6.13. The molecule has 0 bridgehead atoms. The summed E-state index contributed by atoms with van der Waals surface area (Å²) in [6.45, 7) is 1.85. The van der Waals surface area contributed by atoms with E-state index in [2.05, 4.69) is 15.3 Å². The first-order valence-corrected chi connectivity index (χ1v) is 6.13. The van der Waals surface area contributed by atoms with Crippen molar-refractivity contribution in [1.29, 1.82) is 0 Å². The highest BCUT2D eigenvalue weighted by Crippen LogP contribution is 2.28. The topological polar surface area (TPSA) is 51.5 Å². The van der Waals surface area contributed by atoms with Gasteiger partial charge in [-0.1, -0.05) is 6.07 Å². The molecule has 0 spiro atoms. The molecule has 1 aromatic carbocycles. The summed E-state index contributed by atoms with van der Waals surface area (Å²) in [5.74, 6) is 1.04. The third-order valence-electron chi connectivity index (χ3n) is 2.96. The fourth-order valence-corrected chi connectivity index (χ4v) is 1.88. The Balaban J connectivity index is 2.09. The molecule has 2 heterocycles. The molecular formula is C14H13FN4O. The minimum absolute atomic E-state index is 0.329. The summed E-state index contributed by atoms with van der Waals surface area (Å²) in [5.41, 5.74) is 1.40. The Kier molecular flexibility index (Phi) is 2.98. The zero-order chi connectivity index (χ0) is 14.1. The van der Waals surface area contributed by atoms with E-state index in [0.717, 1.165) is 5.56 Å². The first-order chi connectivity index (χ1) is 9.67. The van der Waals surface area contributed by atoms with E-state index < -0.39 is 0 Å². The van der Waals surface area contributed by atoms with Crippen molar-refractivity contribution in [1.82, 2.24) is 14.4 Å². The van der Waals surface area contributed by atoms with Gasteiger partial charge >= 0.3 is 0 Å². The molecule has 0 saturated carbocycles. The molecule has 0 atom stereocenters. The number of benzene rings is 1. The van der Waals surface area contributed by atoms with Crippen LogP contribution in [0.3, 0.4) is 0 Å². The van der Waals surface area contributed by atoms with Gasteiger partial charge in [-0.15, -0.1) is 0 Å². The molecule has 0 aliphatic heterocycles.